The number of sulfone groups is 1. The van der Waals surface area contributed by atoms with Crippen LogP contribution in [0.4, 0.5) is 14.9 Å². The zero-order valence-corrected chi connectivity index (χ0v) is 12.3. The Morgan fingerprint density at radius 1 is 1.38 bits per heavy atom. The summed E-state index contributed by atoms with van der Waals surface area (Å²) in [4.78, 5) is 23.8. The number of aromatic carboxylic acids is 1. The number of para-hydroxylation sites is 1. The monoisotopic (exact) mass is 318 g/mol. The van der Waals surface area contributed by atoms with Crippen LogP contribution in [0.5, 0.6) is 0 Å². The maximum absolute atomic E-state index is 13.6. The van der Waals surface area contributed by atoms with Crippen molar-refractivity contribution in [3.8, 4) is 0 Å². The number of carbonyl (C=O) groups is 2. The average molecular weight is 318 g/mol. The fourth-order valence-corrected chi connectivity index (χ4v) is 2.04. The third-order valence-corrected chi connectivity index (χ3v) is 3.54. The zero-order chi connectivity index (χ0) is 16.2. The number of rotatable bonds is 5. The van der Waals surface area contributed by atoms with Crippen molar-refractivity contribution < 1.29 is 27.5 Å². The molecule has 21 heavy (non-hydrogen) atoms. The van der Waals surface area contributed by atoms with E-state index in [0.717, 1.165) is 23.3 Å². The topological polar surface area (TPSA) is 104 Å². The summed E-state index contributed by atoms with van der Waals surface area (Å²) in [6.07, 6.45) is 1.03. The molecular formula is C12H15FN2O5S. The minimum Gasteiger partial charge on any atom is -0.478 e. The minimum atomic E-state index is -3.25. The lowest BCUT2D eigenvalue weighted by Crippen LogP contribution is -2.35. The smallest absolute Gasteiger partial charge is 0.337 e. The summed E-state index contributed by atoms with van der Waals surface area (Å²) in [5, 5.41) is 11.1. The zero-order valence-electron chi connectivity index (χ0n) is 11.5. The summed E-state index contributed by atoms with van der Waals surface area (Å²) in [6.45, 7) is -0.0957. The van der Waals surface area contributed by atoms with E-state index in [1.165, 1.54) is 13.1 Å². The van der Waals surface area contributed by atoms with Crippen molar-refractivity contribution in [2.24, 2.45) is 0 Å². The van der Waals surface area contributed by atoms with Gasteiger partial charge in [-0.25, -0.2) is 22.4 Å². The molecule has 0 saturated heterocycles. The second-order valence-electron chi connectivity index (χ2n) is 4.45. The van der Waals surface area contributed by atoms with Gasteiger partial charge in [-0.05, 0) is 12.1 Å². The third-order valence-electron chi connectivity index (χ3n) is 2.62. The van der Waals surface area contributed by atoms with Crippen molar-refractivity contribution >= 4 is 27.5 Å². The van der Waals surface area contributed by atoms with E-state index in [-0.39, 0.29) is 17.9 Å². The molecule has 0 fully saturated rings. The molecule has 1 aromatic rings. The average Bonchev–Trinajstić information content (AvgIpc) is 2.36. The van der Waals surface area contributed by atoms with Gasteiger partial charge in [-0.1, -0.05) is 6.07 Å². The summed E-state index contributed by atoms with van der Waals surface area (Å²) in [5.74, 6) is -2.52. The number of urea groups is 1. The Balaban J connectivity index is 2.86. The Kier molecular flexibility index (Phi) is 5.25. The van der Waals surface area contributed by atoms with Gasteiger partial charge in [0.2, 0.25) is 0 Å². The first-order chi connectivity index (χ1) is 9.61. The summed E-state index contributed by atoms with van der Waals surface area (Å²) in [6, 6.07) is 2.57. The molecule has 7 nitrogen and oxygen atoms in total. The van der Waals surface area contributed by atoms with Crippen LogP contribution in [0.1, 0.15) is 10.4 Å². The number of halogens is 1. The Morgan fingerprint density at radius 3 is 2.52 bits per heavy atom. The third kappa shape index (κ3) is 5.03. The van der Waals surface area contributed by atoms with E-state index in [4.69, 9.17) is 5.11 Å². The second-order valence-corrected chi connectivity index (χ2v) is 6.71. The molecule has 0 aliphatic heterocycles. The van der Waals surface area contributed by atoms with Crippen LogP contribution in [-0.4, -0.2) is 56.0 Å². The predicted molar refractivity (Wildman–Crippen MR) is 74.7 cm³/mol. The molecule has 0 bridgehead atoms. The molecule has 9 heteroatoms. The number of anilines is 1. The minimum absolute atomic E-state index is 0.0957. The van der Waals surface area contributed by atoms with Gasteiger partial charge in [-0.15, -0.1) is 0 Å². The maximum atomic E-state index is 13.6. The quantitative estimate of drug-likeness (QED) is 0.844. The van der Waals surface area contributed by atoms with Crippen LogP contribution in [0.3, 0.4) is 0 Å². The predicted octanol–water partition coefficient (Wildman–Crippen LogP) is 1.03. The largest absolute Gasteiger partial charge is 0.478 e. The van der Waals surface area contributed by atoms with Gasteiger partial charge in [0, 0.05) is 19.8 Å². The van der Waals surface area contributed by atoms with Crippen molar-refractivity contribution in [2.45, 2.75) is 0 Å². The molecule has 116 valence electrons. The molecule has 1 rings (SSSR count). The van der Waals surface area contributed by atoms with Crippen LogP contribution in [0.25, 0.3) is 0 Å². The molecular weight excluding hydrogens is 303 g/mol. The van der Waals surface area contributed by atoms with Crippen molar-refractivity contribution in [1.82, 2.24) is 4.90 Å². The Hall–Kier alpha value is -2.16. The lowest BCUT2D eigenvalue weighted by Gasteiger charge is -2.18. The van der Waals surface area contributed by atoms with Gasteiger partial charge >= 0.3 is 12.0 Å². The van der Waals surface area contributed by atoms with Crippen molar-refractivity contribution in [2.75, 3.05) is 30.9 Å². The number of benzene rings is 1. The fourth-order valence-electron chi connectivity index (χ4n) is 1.44. The number of carbonyl (C=O) groups excluding carboxylic acids is 1. The highest BCUT2D eigenvalue weighted by atomic mass is 32.2. The van der Waals surface area contributed by atoms with Gasteiger partial charge in [-0.2, -0.15) is 0 Å². The van der Waals surface area contributed by atoms with Gasteiger partial charge in [0.1, 0.15) is 15.7 Å². The van der Waals surface area contributed by atoms with Gasteiger partial charge < -0.3 is 15.3 Å². The van der Waals surface area contributed by atoms with E-state index in [9.17, 15) is 22.4 Å². The number of carboxylic acids is 1. The van der Waals surface area contributed by atoms with Crippen molar-refractivity contribution in [3.05, 3.63) is 29.6 Å². The lowest BCUT2D eigenvalue weighted by atomic mass is 10.1. The van der Waals surface area contributed by atoms with Gasteiger partial charge in [0.25, 0.3) is 0 Å². The summed E-state index contributed by atoms with van der Waals surface area (Å²) < 4.78 is 35.7. The van der Waals surface area contributed by atoms with E-state index in [1.54, 1.807) is 0 Å². The SMILES string of the molecule is CN(CCS(C)(=O)=O)C(=O)Nc1c(F)cccc1C(=O)O. The van der Waals surface area contributed by atoms with Gasteiger partial charge in [0.05, 0.1) is 17.0 Å². The standard InChI is InChI=1S/C12H15FN2O5S/c1-15(6-7-21(2,19)20)12(18)14-10-8(11(16)17)4-3-5-9(10)13/h3-5H,6-7H2,1-2H3,(H,14,18)(H,16,17). The Bertz CT molecular complexity index is 660. The number of nitrogens with zero attached hydrogens (tertiary/aromatic N) is 1. The van der Waals surface area contributed by atoms with Gasteiger partial charge in [0.15, 0.2) is 0 Å². The number of hydrogen-bond acceptors (Lipinski definition) is 4. The number of nitrogens with one attached hydrogen (secondary N) is 1. The van der Waals surface area contributed by atoms with Crippen LogP contribution < -0.4 is 5.32 Å². The molecule has 2 N–H and O–H groups in total. The highest BCUT2D eigenvalue weighted by molar-refractivity contribution is 7.90. The molecule has 0 aromatic heterocycles. The molecule has 0 atom stereocenters. The van der Waals surface area contributed by atoms with Crippen molar-refractivity contribution in [3.63, 3.8) is 0 Å². The lowest BCUT2D eigenvalue weighted by molar-refractivity contribution is 0.0697. The summed E-state index contributed by atoms with van der Waals surface area (Å²) in [5.41, 5.74) is -0.846. The van der Waals surface area contributed by atoms with E-state index in [0.29, 0.717) is 0 Å². The normalized spacial score (nSPS) is 11.0. The molecule has 0 aliphatic rings. The van der Waals surface area contributed by atoms with Crippen LogP contribution in [0, 0.1) is 5.82 Å². The second kappa shape index (κ2) is 6.53. The Morgan fingerprint density at radius 2 is 2.00 bits per heavy atom. The molecule has 0 spiro atoms. The van der Waals surface area contributed by atoms with E-state index in [2.05, 4.69) is 5.32 Å². The molecule has 0 radical (unpaired) electrons. The first kappa shape index (κ1) is 16.9. The van der Waals surface area contributed by atoms with Gasteiger partial charge in [-0.3, -0.25) is 0 Å². The van der Waals surface area contributed by atoms with E-state index in [1.807, 2.05) is 0 Å². The van der Waals surface area contributed by atoms with E-state index >= 15 is 0 Å². The highest BCUT2D eigenvalue weighted by Crippen LogP contribution is 2.20. The van der Waals surface area contributed by atoms with E-state index < -0.39 is 33.3 Å². The number of amides is 2. The first-order valence-electron chi connectivity index (χ1n) is 5.83. The van der Waals surface area contributed by atoms with Crippen LogP contribution in [-0.2, 0) is 9.84 Å². The van der Waals surface area contributed by atoms with Crippen LogP contribution in [0.2, 0.25) is 0 Å². The molecule has 0 heterocycles. The first-order valence-corrected chi connectivity index (χ1v) is 7.89. The molecule has 1 aromatic carbocycles. The van der Waals surface area contributed by atoms with Crippen LogP contribution >= 0.6 is 0 Å². The van der Waals surface area contributed by atoms with Crippen LogP contribution in [0.15, 0.2) is 18.2 Å². The molecule has 0 aliphatic carbocycles. The maximum Gasteiger partial charge on any atom is 0.337 e. The van der Waals surface area contributed by atoms with Crippen molar-refractivity contribution in [1.29, 1.82) is 0 Å². The summed E-state index contributed by atoms with van der Waals surface area (Å²) in [7, 11) is -1.92. The Labute approximate surface area is 121 Å². The fraction of sp³-hybridized carbons (Fsp3) is 0.333. The molecule has 0 unspecified atom stereocenters. The number of hydrogen-bond donors (Lipinski definition) is 2. The molecule has 0 saturated carbocycles. The summed E-state index contributed by atoms with van der Waals surface area (Å²) >= 11 is 0. The highest BCUT2D eigenvalue weighted by Gasteiger charge is 2.18. The molecule has 2 amide bonds. The number of carboxylic acid groups (broad SMARTS) is 1.